The summed E-state index contributed by atoms with van der Waals surface area (Å²) in [6.45, 7) is 2.15. The standard InChI is InChI=1S/C15H14FNO2S/c16-12-1-2-13(15(18)19)11(7-12)9-17-5-3-14-10(8-17)4-6-20-14/h1-2,4,6-7H,3,5,8-9H2,(H,18,19). The van der Waals surface area contributed by atoms with Gasteiger partial charge in [-0.15, -0.1) is 11.3 Å². The van der Waals surface area contributed by atoms with Crippen LogP contribution in [0.5, 0.6) is 0 Å². The lowest BCUT2D eigenvalue weighted by atomic mass is 10.0. The van der Waals surface area contributed by atoms with Gasteiger partial charge in [0.05, 0.1) is 5.56 Å². The van der Waals surface area contributed by atoms with E-state index >= 15 is 0 Å². The number of benzene rings is 1. The van der Waals surface area contributed by atoms with Crippen molar-refractivity contribution >= 4 is 17.3 Å². The highest BCUT2D eigenvalue weighted by Gasteiger charge is 2.19. The number of nitrogens with zero attached hydrogens (tertiary/aromatic N) is 1. The van der Waals surface area contributed by atoms with E-state index in [-0.39, 0.29) is 5.56 Å². The van der Waals surface area contributed by atoms with Crippen LogP contribution in [0.2, 0.25) is 0 Å². The fraction of sp³-hybridized carbons (Fsp3) is 0.267. The molecule has 3 nitrogen and oxygen atoms in total. The third kappa shape index (κ3) is 2.59. The van der Waals surface area contributed by atoms with Crippen molar-refractivity contribution in [3.63, 3.8) is 0 Å². The van der Waals surface area contributed by atoms with Gasteiger partial charge in [-0.25, -0.2) is 9.18 Å². The first kappa shape index (κ1) is 13.3. The third-order valence-corrected chi connectivity index (χ3v) is 4.60. The molecule has 0 unspecified atom stereocenters. The molecule has 0 spiro atoms. The molecule has 1 N–H and O–H groups in total. The molecule has 0 amide bonds. The quantitative estimate of drug-likeness (QED) is 0.944. The summed E-state index contributed by atoms with van der Waals surface area (Å²) in [4.78, 5) is 14.8. The van der Waals surface area contributed by atoms with Gasteiger partial charge in [-0.05, 0) is 47.2 Å². The summed E-state index contributed by atoms with van der Waals surface area (Å²) in [7, 11) is 0. The molecule has 1 aromatic carbocycles. The number of halogens is 1. The van der Waals surface area contributed by atoms with Crippen LogP contribution in [0.25, 0.3) is 0 Å². The zero-order valence-electron chi connectivity index (χ0n) is 10.8. The summed E-state index contributed by atoms with van der Waals surface area (Å²) in [5.41, 5.74) is 2.02. The van der Waals surface area contributed by atoms with Gasteiger partial charge in [0.2, 0.25) is 0 Å². The Morgan fingerprint density at radius 3 is 3.05 bits per heavy atom. The summed E-state index contributed by atoms with van der Waals surface area (Å²) in [5.74, 6) is -1.40. The Kier molecular flexibility index (Phi) is 3.54. The summed E-state index contributed by atoms with van der Waals surface area (Å²) in [6, 6.07) is 5.97. The Balaban J connectivity index is 1.82. The monoisotopic (exact) mass is 291 g/mol. The van der Waals surface area contributed by atoms with Gasteiger partial charge in [0, 0.05) is 24.5 Å². The van der Waals surface area contributed by atoms with E-state index in [1.807, 2.05) is 0 Å². The highest BCUT2D eigenvalue weighted by Crippen LogP contribution is 2.25. The van der Waals surface area contributed by atoms with Crippen molar-refractivity contribution in [3.8, 4) is 0 Å². The minimum atomic E-state index is -1.01. The maximum atomic E-state index is 13.3. The number of carboxylic acids is 1. The van der Waals surface area contributed by atoms with Crippen LogP contribution in [0.4, 0.5) is 4.39 Å². The first-order valence-corrected chi connectivity index (χ1v) is 7.31. The van der Waals surface area contributed by atoms with Crippen molar-refractivity contribution in [1.29, 1.82) is 0 Å². The summed E-state index contributed by atoms with van der Waals surface area (Å²) >= 11 is 1.76. The third-order valence-electron chi connectivity index (χ3n) is 3.58. The number of hydrogen-bond donors (Lipinski definition) is 1. The van der Waals surface area contributed by atoms with E-state index in [1.54, 1.807) is 11.3 Å². The molecule has 5 heteroatoms. The minimum absolute atomic E-state index is 0.183. The topological polar surface area (TPSA) is 40.5 Å². The SMILES string of the molecule is O=C(O)c1ccc(F)cc1CN1CCc2sccc2C1. The summed E-state index contributed by atoms with van der Waals surface area (Å²) < 4.78 is 13.3. The maximum absolute atomic E-state index is 13.3. The van der Waals surface area contributed by atoms with E-state index in [1.165, 1.54) is 28.6 Å². The molecule has 0 saturated carbocycles. The van der Waals surface area contributed by atoms with Gasteiger partial charge in [-0.3, -0.25) is 4.90 Å². The van der Waals surface area contributed by atoms with Gasteiger partial charge < -0.3 is 5.11 Å². The molecule has 1 aliphatic rings. The minimum Gasteiger partial charge on any atom is -0.478 e. The lowest BCUT2D eigenvalue weighted by Gasteiger charge is -2.27. The molecular formula is C15H14FNO2S. The number of carboxylic acid groups (broad SMARTS) is 1. The fourth-order valence-corrected chi connectivity index (χ4v) is 3.47. The first-order chi connectivity index (χ1) is 9.63. The Morgan fingerprint density at radius 2 is 2.25 bits per heavy atom. The smallest absolute Gasteiger partial charge is 0.336 e. The zero-order valence-corrected chi connectivity index (χ0v) is 11.6. The molecule has 1 aliphatic heterocycles. The van der Waals surface area contributed by atoms with Crippen LogP contribution in [0.1, 0.15) is 26.4 Å². The average Bonchev–Trinajstić information content (AvgIpc) is 2.85. The van der Waals surface area contributed by atoms with Crippen molar-refractivity contribution < 1.29 is 14.3 Å². The maximum Gasteiger partial charge on any atom is 0.336 e. The molecule has 0 bridgehead atoms. The molecular weight excluding hydrogens is 277 g/mol. The van der Waals surface area contributed by atoms with E-state index in [0.717, 1.165) is 19.5 Å². The molecule has 0 radical (unpaired) electrons. The van der Waals surface area contributed by atoms with Crippen molar-refractivity contribution in [2.24, 2.45) is 0 Å². The van der Waals surface area contributed by atoms with E-state index < -0.39 is 11.8 Å². The van der Waals surface area contributed by atoms with Gasteiger partial charge in [0.25, 0.3) is 0 Å². The van der Waals surface area contributed by atoms with Crippen LogP contribution in [0.15, 0.2) is 29.6 Å². The molecule has 104 valence electrons. The van der Waals surface area contributed by atoms with E-state index in [9.17, 15) is 14.3 Å². The second-order valence-electron chi connectivity index (χ2n) is 4.94. The van der Waals surface area contributed by atoms with E-state index in [2.05, 4.69) is 16.3 Å². The van der Waals surface area contributed by atoms with Crippen molar-refractivity contribution in [3.05, 3.63) is 57.0 Å². The largest absolute Gasteiger partial charge is 0.478 e. The number of thiophene rings is 1. The molecule has 0 atom stereocenters. The van der Waals surface area contributed by atoms with Gasteiger partial charge >= 0.3 is 5.97 Å². The first-order valence-electron chi connectivity index (χ1n) is 6.43. The zero-order chi connectivity index (χ0) is 14.1. The lowest BCUT2D eigenvalue weighted by Crippen LogP contribution is -2.29. The Hall–Kier alpha value is -1.72. The normalized spacial score (nSPS) is 15.1. The number of fused-ring (bicyclic) bond motifs is 1. The molecule has 0 saturated heterocycles. The Morgan fingerprint density at radius 1 is 1.40 bits per heavy atom. The number of rotatable bonds is 3. The Labute approximate surface area is 120 Å². The van der Waals surface area contributed by atoms with Gasteiger partial charge in [0.15, 0.2) is 0 Å². The van der Waals surface area contributed by atoms with Crippen LogP contribution in [-0.4, -0.2) is 22.5 Å². The number of aromatic carboxylic acids is 1. The molecule has 3 rings (SSSR count). The molecule has 0 aliphatic carbocycles. The van der Waals surface area contributed by atoms with Gasteiger partial charge in [-0.2, -0.15) is 0 Å². The fourth-order valence-electron chi connectivity index (χ4n) is 2.58. The van der Waals surface area contributed by atoms with Gasteiger partial charge in [0.1, 0.15) is 5.82 Å². The molecule has 20 heavy (non-hydrogen) atoms. The molecule has 2 aromatic rings. The van der Waals surface area contributed by atoms with E-state index in [0.29, 0.717) is 12.1 Å². The Bertz CT molecular complexity index is 653. The molecule has 2 heterocycles. The van der Waals surface area contributed by atoms with Gasteiger partial charge in [-0.1, -0.05) is 0 Å². The van der Waals surface area contributed by atoms with Crippen LogP contribution < -0.4 is 0 Å². The highest BCUT2D eigenvalue weighted by atomic mass is 32.1. The summed E-state index contributed by atoms with van der Waals surface area (Å²) in [6.07, 6.45) is 0.977. The predicted octanol–water partition coefficient (Wildman–Crippen LogP) is 3.14. The van der Waals surface area contributed by atoms with Crippen molar-refractivity contribution in [1.82, 2.24) is 4.90 Å². The van der Waals surface area contributed by atoms with Crippen LogP contribution in [0, 0.1) is 5.82 Å². The lowest BCUT2D eigenvalue weighted by molar-refractivity contribution is 0.0694. The number of carbonyl (C=O) groups is 1. The summed E-state index contributed by atoms with van der Waals surface area (Å²) in [5, 5.41) is 11.3. The van der Waals surface area contributed by atoms with Crippen molar-refractivity contribution in [2.45, 2.75) is 19.5 Å². The highest BCUT2D eigenvalue weighted by molar-refractivity contribution is 7.10. The van der Waals surface area contributed by atoms with Crippen LogP contribution in [-0.2, 0) is 19.5 Å². The number of hydrogen-bond acceptors (Lipinski definition) is 3. The van der Waals surface area contributed by atoms with Crippen LogP contribution >= 0.6 is 11.3 Å². The predicted molar refractivity (Wildman–Crippen MR) is 75.5 cm³/mol. The average molecular weight is 291 g/mol. The van der Waals surface area contributed by atoms with Crippen LogP contribution in [0.3, 0.4) is 0 Å². The second kappa shape index (κ2) is 5.34. The van der Waals surface area contributed by atoms with Crippen molar-refractivity contribution in [2.75, 3.05) is 6.54 Å². The molecule has 0 fully saturated rings. The van der Waals surface area contributed by atoms with E-state index in [4.69, 9.17) is 0 Å². The second-order valence-corrected chi connectivity index (χ2v) is 5.94. The molecule has 1 aromatic heterocycles.